The molecule has 4 nitrogen and oxygen atoms in total. The Balaban J connectivity index is 1.82. The molecule has 2 aliphatic rings. The van der Waals surface area contributed by atoms with Gasteiger partial charge in [-0.2, -0.15) is 0 Å². The maximum absolute atomic E-state index is 5.61. The lowest BCUT2D eigenvalue weighted by Gasteiger charge is -2.34. The first kappa shape index (κ1) is 14.3. The highest BCUT2D eigenvalue weighted by Crippen LogP contribution is 2.27. The van der Waals surface area contributed by atoms with Crippen molar-refractivity contribution in [3.63, 3.8) is 0 Å². The predicted molar refractivity (Wildman–Crippen MR) is 74.7 cm³/mol. The van der Waals surface area contributed by atoms with Crippen LogP contribution in [-0.4, -0.2) is 56.4 Å². The second-order valence-electron chi connectivity index (χ2n) is 5.74. The van der Waals surface area contributed by atoms with E-state index in [0.29, 0.717) is 12.1 Å². The minimum Gasteiger partial charge on any atom is -0.383 e. The first-order chi connectivity index (χ1) is 8.85. The van der Waals surface area contributed by atoms with E-state index in [0.717, 1.165) is 32.0 Å². The van der Waals surface area contributed by atoms with Crippen LogP contribution in [0.1, 0.15) is 38.5 Å². The van der Waals surface area contributed by atoms with Gasteiger partial charge in [0.2, 0.25) is 0 Å². The van der Waals surface area contributed by atoms with Crippen LogP contribution in [0.5, 0.6) is 0 Å². The van der Waals surface area contributed by atoms with Crippen molar-refractivity contribution in [1.29, 1.82) is 0 Å². The summed E-state index contributed by atoms with van der Waals surface area (Å²) in [6.45, 7) is 4.17. The van der Waals surface area contributed by atoms with Crippen molar-refractivity contribution in [2.45, 2.75) is 56.7 Å². The van der Waals surface area contributed by atoms with Gasteiger partial charge >= 0.3 is 0 Å². The highest BCUT2D eigenvalue weighted by Gasteiger charge is 2.36. The Hall–Kier alpha value is -0.160. The van der Waals surface area contributed by atoms with E-state index in [2.05, 4.69) is 10.2 Å². The van der Waals surface area contributed by atoms with Gasteiger partial charge in [-0.25, -0.2) is 0 Å². The van der Waals surface area contributed by atoms with Gasteiger partial charge in [-0.1, -0.05) is 6.42 Å². The van der Waals surface area contributed by atoms with Crippen LogP contribution in [0.4, 0.5) is 0 Å². The van der Waals surface area contributed by atoms with E-state index in [9.17, 15) is 0 Å². The zero-order chi connectivity index (χ0) is 12.8. The monoisotopic (exact) mass is 255 g/mol. The molecule has 18 heavy (non-hydrogen) atoms. The van der Waals surface area contributed by atoms with Crippen LogP contribution in [0.3, 0.4) is 0 Å². The number of hydrogen-bond donors (Lipinski definition) is 2. The third kappa shape index (κ3) is 3.67. The minimum atomic E-state index is 0.477. The van der Waals surface area contributed by atoms with Crippen molar-refractivity contribution in [3.8, 4) is 0 Å². The normalized spacial score (nSPS) is 30.3. The van der Waals surface area contributed by atoms with Crippen LogP contribution in [0.15, 0.2) is 0 Å². The standard InChI is InChI=1S/C14H29N3O/c1-18-11-12(5-4-8-15)16-13-7-10-17-9-3-2-6-14(13)17/h12-14,16H,2-11,15H2,1H3. The summed E-state index contributed by atoms with van der Waals surface area (Å²) < 4.78 is 5.33. The Kier molecular flexibility index (Phi) is 5.89. The van der Waals surface area contributed by atoms with Gasteiger partial charge in [-0.05, 0) is 45.2 Å². The van der Waals surface area contributed by atoms with Gasteiger partial charge in [0.05, 0.1) is 6.61 Å². The van der Waals surface area contributed by atoms with Crippen molar-refractivity contribution in [2.24, 2.45) is 5.73 Å². The summed E-state index contributed by atoms with van der Waals surface area (Å²) in [7, 11) is 1.79. The third-order valence-electron chi connectivity index (χ3n) is 4.43. The number of nitrogens with zero attached hydrogens (tertiary/aromatic N) is 1. The van der Waals surface area contributed by atoms with Crippen LogP contribution in [0.2, 0.25) is 0 Å². The Morgan fingerprint density at radius 3 is 3.00 bits per heavy atom. The zero-order valence-corrected chi connectivity index (χ0v) is 11.7. The average Bonchev–Trinajstić information content (AvgIpc) is 2.80. The van der Waals surface area contributed by atoms with Gasteiger partial charge in [0, 0.05) is 31.8 Å². The summed E-state index contributed by atoms with van der Waals surface area (Å²) in [5.74, 6) is 0. The lowest BCUT2D eigenvalue weighted by Crippen LogP contribution is -2.49. The number of piperidine rings is 1. The number of nitrogens with one attached hydrogen (secondary N) is 1. The van der Waals surface area contributed by atoms with Crippen LogP contribution in [-0.2, 0) is 4.74 Å². The molecule has 3 atom stereocenters. The van der Waals surface area contributed by atoms with Gasteiger partial charge in [0.25, 0.3) is 0 Å². The number of rotatable bonds is 7. The lowest BCUT2D eigenvalue weighted by atomic mass is 9.98. The fraction of sp³-hybridized carbons (Fsp3) is 1.00. The second-order valence-corrected chi connectivity index (χ2v) is 5.74. The van der Waals surface area contributed by atoms with Crippen molar-refractivity contribution in [2.75, 3.05) is 33.4 Å². The molecule has 0 aromatic heterocycles. The Bertz CT molecular complexity index is 237. The fourth-order valence-corrected chi connectivity index (χ4v) is 3.52. The summed E-state index contributed by atoms with van der Waals surface area (Å²) in [4.78, 5) is 2.67. The summed E-state index contributed by atoms with van der Waals surface area (Å²) in [6, 6.07) is 1.92. The van der Waals surface area contributed by atoms with Gasteiger partial charge < -0.3 is 15.8 Å². The molecule has 2 fully saturated rings. The molecule has 2 aliphatic heterocycles. The molecule has 2 heterocycles. The molecule has 0 radical (unpaired) electrons. The fourth-order valence-electron chi connectivity index (χ4n) is 3.52. The van der Waals surface area contributed by atoms with Crippen molar-refractivity contribution >= 4 is 0 Å². The summed E-state index contributed by atoms with van der Waals surface area (Å²) in [5, 5.41) is 3.83. The number of hydrogen-bond acceptors (Lipinski definition) is 4. The number of nitrogens with two attached hydrogens (primary N) is 1. The molecule has 4 heteroatoms. The van der Waals surface area contributed by atoms with E-state index in [1.165, 1.54) is 38.8 Å². The topological polar surface area (TPSA) is 50.5 Å². The molecule has 0 bridgehead atoms. The van der Waals surface area contributed by atoms with E-state index in [4.69, 9.17) is 10.5 Å². The van der Waals surface area contributed by atoms with Crippen molar-refractivity contribution in [3.05, 3.63) is 0 Å². The van der Waals surface area contributed by atoms with E-state index < -0.39 is 0 Å². The molecule has 0 aromatic rings. The number of methoxy groups -OCH3 is 1. The first-order valence-electron chi connectivity index (χ1n) is 7.54. The zero-order valence-electron chi connectivity index (χ0n) is 11.7. The molecule has 0 aliphatic carbocycles. The van der Waals surface area contributed by atoms with Crippen LogP contribution < -0.4 is 11.1 Å². The molecule has 0 aromatic carbocycles. The minimum absolute atomic E-state index is 0.477. The highest BCUT2D eigenvalue weighted by molar-refractivity contribution is 4.95. The second kappa shape index (κ2) is 7.43. The smallest absolute Gasteiger partial charge is 0.0615 e. The first-order valence-corrected chi connectivity index (χ1v) is 7.54. The quantitative estimate of drug-likeness (QED) is 0.711. The number of fused-ring (bicyclic) bond motifs is 1. The van der Waals surface area contributed by atoms with Crippen molar-refractivity contribution in [1.82, 2.24) is 10.2 Å². The molecule has 0 saturated carbocycles. The summed E-state index contributed by atoms with van der Waals surface area (Å²) in [5.41, 5.74) is 5.61. The maximum Gasteiger partial charge on any atom is 0.0615 e. The molecule has 106 valence electrons. The van der Waals surface area contributed by atoms with E-state index in [-0.39, 0.29) is 0 Å². The summed E-state index contributed by atoms with van der Waals surface area (Å²) >= 11 is 0. The lowest BCUT2D eigenvalue weighted by molar-refractivity contribution is 0.138. The molecule has 2 rings (SSSR count). The van der Waals surface area contributed by atoms with Crippen molar-refractivity contribution < 1.29 is 4.74 Å². The third-order valence-corrected chi connectivity index (χ3v) is 4.43. The summed E-state index contributed by atoms with van der Waals surface area (Å²) in [6.07, 6.45) is 7.67. The maximum atomic E-state index is 5.61. The van der Waals surface area contributed by atoms with E-state index >= 15 is 0 Å². The Labute approximate surface area is 111 Å². The molecule has 0 spiro atoms. The van der Waals surface area contributed by atoms with Gasteiger partial charge in [0.1, 0.15) is 0 Å². The molecule has 3 N–H and O–H groups in total. The largest absolute Gasteiger partial charge is 0.383 e. The SMILES string of the molecule is COCC(CCCN)NC1CCN2CCCCC12. The average molecular weight is 255 g/mol. The predicted octanol–water partition coefficient (Wildman–Crippen LogP) is 0.957. The van der Waals surface area contributed by atoms with Crippen LogP contribution >= 0.6 is 0 Å². The Morgan fingerprint density at radius 1 is 1.33 bits per heavy atom. The van der Waals surface area contributed by atoms with Gasteiger partial charge in [0.15, 0.2) is 0 Å². The number of ether oxygens (including phenoxy) is 1. The Morgan fingerprint density at radius 2 is 2.22 bits per heavy atom. The molecule has 0 amide bonds. The molecular formula is C14H29N3O. The van der Waals surface area contributed by atoms with Gasteiger partial charge in [-0.3, -0.25) is 4.90 Å². The highest BCUT2D eigenvalue weighted by atomic mass is 16.5. The van der Waals surface area contributed by atoms with Crippen LogP contribution in [0, 0.1) is 0 Å². The molecular weight excluding hydrogens is 226 g/mol. The van der Waals surface area contributed by atoms with Crippen LogP contribution in [0.25, 0.3) is 0 Å². The molecule has 3 unspecified atom stereocenters. The van der Waals surface area contributed by atoms with E-state index in [1.54, 1.807) is 7.11 Å². The van der Waals surface area contributed by atoms with Gasteiger partial charge in [-0.15, -0.1) is 0 Å². The molecule has 2 saturated heterocycles. The van der Waals surface area contributed by atoms with E-state index in [1.807, 2.05) is 0 Å².